The van der Waals surface area contributed by atoms with Gasteiger partial charge in [-0.1, -0.05) is 13.8 Å². The molecule has 0 radical (unpaired) electrons. The second-order valence-electron chi connectivity index (χ2n) is 4.70. The molecule has 1 saturated carbocycles. The third-order valence-electron chi connectivity index (χ3n) is 3.92. The molecular weight excluding hydrogens is 174 g/mol. The maximum absolute atomic E-state index is 5.81. The van der Waals surface area contributed by atoms with E-state index in [0.717, 1.165) is 12.3 Å². The van der Waals surface area contributed by atoms with Crippen molar-refractivity contribution in [1.29, 1.82) is 0 Å². The van der Waals surface area contributed by atoms with E-state index in [-0.39, 0.29) is 5.60 Å². The summed E-state index contributed by atoms with van der Waals surface area (Å²) < 4.78 is 5.81. The van der Waals surface area contributed by atoms with E-state index in [1.54, 1.807) is 0 Å². The van der Waals surface area contributed by atoms with E-state index in [1.807, 2.05) is 14.2 Å². The predicted octanol–water partition coefficient (Wildman–Crippen LogP) is 2.58. The van der Waals surface area contributed by atoms with Crippen LogP contribution >= 0.6 is 0 Å². The van der Waals surface area contributed by atoms with E-state index in [0.29, 0.717) is 6.04 Å². The van der Waals surface area contributed by atoms with Crippen LogP contribution in [-0.2, 0) is 4.74 Å². The Morgan fingerprint density at radius 3 is 2.36 bits per heavy atom. The van der Waals surface area contributed by atoms with Crippen molar-refractivity contribution in [2.75, 3.05) is 14.2 Å². The van der Waals surface area contributed by atoms with Gasteiger partial charge in [-0.25, -0.2) is 0 Å². The molecule has 0 saturated heterocycles. The average Bonchev–Trinajstić information content (AvgIpc) is 2.23. The van der Waals surface area contributed by atoms with Crippen LogP contribution in [0.25, 0.3) is 0 Å². The Kier molecular flexibility index (Phi) is 4.39. The van der Waals surface area contributed by atoms with Gasteiger partial charge in [0.2, 0.25) is 0 Å². The summed E-state index contributed by atoms with van der Waals surface area (Å²) in [7, 11) is 3.92. The molecule has 1 aliphatic carbocycles. The lowest BCUT2D eigenvalue weighted by atomic mass is 9.74. The lowest BCUT2D eigenvalue weighted by Crippen LogP contribution is -2.52. The maximum atomic E-state index is 5.81. The third kappa shape index (κ3) is 2.29. The molecule has 1 unspecified atom stereocenters. The summed E-state index contributed by atoms with van der Waals surface area (Å²) in [6.07, 6.45) is 6.20. The van der Waals surface area contributed by atoms with Gasteiger partial charge >= 0.3 is 0 Å². The third-order valence-corrected chi connectivity index (χ3v) is 3.92. The maximum Gasteiger partial charge on any atom is 0.0830 e. The second-order valence-corrected chi connectivity index (χ2v) is 4.70. The number of ether oxygens (including phenoxy) is 1. The molecule has 0 aromatic carbocycles. The topological polar surface area (TPSA) is 21.3 Å². The Morgan fingerprint density at radius 1 is 1.43 bits per heavy atom. The Balaban J connectivity index is 2.65. The highest BCUT2D eigenvalue weighted by Gasteiger charge is 2.39. The molecule has 1 N–H and O–H groups in total. The molecule has 0 bridgehead atoms. The number of rotatable bonds is 4. The quantitative estimate of drug-likeness (QED) is 0.751. The molecule has 1 fully saturated rings. The normalized spacial score (nSPS) is 35.6. The molecule has 0 aliphatic heterocycles. The molecule has 0 aromatic rings. The van der Waals surface area contributed by atoms with Crippen LogP contribution < -0.4 is 5.32 Å². The van der Waals surface area contributed by atoms with Gasteiger partial charge < -0.3 is 10.1 Å². The van der Waals surface area contributed by atoms with Crippen molar-refractivity contribution >= 4 is 0 Å². The van der Waals surface area contributed by atoms with Crippen molar-refractivity contribution in [3.63, 3.8) is 0 Å². The summed E-state index contributed by atoms with van der Waals surface area (Å²) in [5.41, 5.74) is 0.107. The molecule has 0 heterocycles. The fourth-order valence-corrected chi connectivity index (χ4v) is 2.78. The Bertz CT molecular complexity index is 158. The van der Waals surface area contributed by atoms with Gasteiger partial charge in [-0.2, -0.15) is 0 Å². The minimum Gasteiger partial charge on any atom is -0.377 e. The van der Waals surface area contributed by atoms with Crippen LogP contribution in [0.3, 0.4) is 0 Å². The molecular formula is C12H25NO. The minimum absolute atomic E-state index is 0.107. The van der Waals surface area contributed by atoms with Gasteiger partial charge in [0.1, 0.15) is 0 Å². The lowest BCUT2D eigenvalue weighted by molar-refractivity contribution is -0.0739. The number of hydrogen-bond donors (Lipinski definition) is 1. The zero-order chi connectivity index (χ0) is 10.6. The van der Waals surface area contributed by atoms with Crippen LogP contribution in [0, 0.1) is 5.92 Å². The zero-order valence-electron chi connectivity index (χ0n) is 10.1. The Hall–Kier alpha value is -0.0800. The van der Waals surface area contributed by atoms with Crippen molar-refractivity contribution in [3.05, 3.63) is 0 Å². The molecule has 0 aromatic heterocycles. The molecule has 1 rings (SSSR count). The van der Waals surface area contributed by atoms with Gasteiger partial charge in [0.15, 0.2) is 0 Å². The van der Waals surface area contributed by atoms with E-state index >= 15 is 0 Å². The summed E-state index contributed by atoms with van der Waals surface area (Å²) in [5, 5.41) is 3.40. The van der Waals surface area contributed by atoms with E-state index in [4.69, 9.17) is 4.74 Å². The van der Waals surface area contributed by atoms with E-state index < -0.39 is 0 Å². The standard InChI is InChI=1S/C12H25NO/c1-5-11(13-3)12(14-4)8-6-10(2)7-9-12/h10-11,13H,5-9H2,1-4H3. The van der Waals surface area contributed by atoms with Crippen molar-refractivity contribution < 1.29 is 4.74 Å². The Morgan fingerprint density at radius 2 is 2.00 bits per heavy atom. The van der Waals surface area contributed by atoms with Gasteiger partial charge in [-0.3, -0.25) is 0 Å². The van der Waals surface area contributed by atoms with Crippen LogP contribution in [0.4, 0.5) is 0 Å². The van der Waals surface area contributed by atoms with Gasteiger partial charge in [-0.05, 0) is 45.1 Å². The lowest BCUT2D eigenvalue weighted by Gasteiger charge is -2.43. The highest BCUT2D eigenvalue weighted by atomic mass is 16.5. The van der Waals surface area contributed by atoms with Crippen molar-refractivity contribution in [1.82, 2.24) is 5.32 Å². The number of methoxy groups -OCH3 is 1. The SMILES string of the molecule is CCC(NC)C1(OC)CCC(C)CC1. The number of likely N-dealkylation sites (N-methyl/N-ethyl adjacent to an activating group) is 1. The first-order valence-electron chi connectivity index (χ1n) is 5.91. The van der Waals surface area contributed by atoms with E-state index in [1.165, 1.54) is 25.7 Å². The fourth-order valence-electron chi connectivity index (χ4n) is 2.78. The molecule has 0 spiro atoms. The zero-order valence-corrected chi connectivity index (χ0v) is 10.1. The fraction of sp³-hybridized carbons (Fsp3) is 1.00. The monoisotopic (exact) mass is 199 g/mol. The van der Waals surface area contributed by atoms with Gasteiger partial charge in [0, 0.05) is 13.2 Å². The highest BCUT2D eigenvalue weighted by Crippen LogP contribution is 2.37. The summed E-state index contributed by atoms with van der Waals surface area (Å²) in [6.45, 7) is 4.58. The van der Waals surface area contributed by atoms with Gasteiger partial charge in [-0.15, -0.1) is 0 Å². The number of hydrogen-bond acceptors (Lipinski definition) is 2. The summed E-state index contributed by atoms with van der Waals surface area (Å²) in [6, 6.07) is 0.514. The summed E-state index contributed by atoms with van der Waals surface area (Å²) >= 11 is 0. The van der Waals surface area contributed by atoms with Crippen molar-refractivity contribution in [3.8, 4) is 0 Å². The second kappa shape index (κ2) is 5.13. The van der Waals surface area contributed by atoms with Crippen molar-refractivity contribution in [2.24, 2.45) is 5.92 Å². The number of nitrogens with one attached hydrogen (secondary N) is 1. The highest BCUT2D eigenvalue weighted by molar-refractivity contribution is 4.95. The first-order chi connectivity index (χ1) is 6.68. The molecule has 2 heteroatoms. The molecule has 1 atom stereocenters. The van der Waals surface area contributed by atoms with Crippen molar-refractivity contribution in [2.45, 2.75) is 57.6 Å². The Labute approximate surface area is 88.4 Å². The van der Waals surface area contributed by atoms with Crippen LogP contribution in [0.15, 0.2) is 0 Å². The molecule has 0 amide bonds. The largest absolute Gasteiger partial charge is 0.377 e. The van der Waals surface area contributed by atoms with Crippen LogP contribution in [0.5, 0.6) is 0 Å². The first kappa shape index (κ1) is 12.0. The summed E-state index contributed by atoms with van der Waals surface area (Å²) in [5.74, 6) is 0.882. The summed E-state index contributed by atoms with van der Waals surface area (Å²) in [4.78, 5) is 0. The predicted molar refractivity (Wildman–Crippen MR) is 60.5 cm³/mol. The molecule has 84 valence electrons. The minimum atomic E-state index is 0.107. The molecule has 2 nitrogen and oxygen atoms in total. The van der Waals surface area contributed by atoms with Gasteiger partial charge in [0.05, 0.1) is 5.60 Å². The smallest absolute Gasteiger partial charge is 0.0830 e. The van der Waals surface area contributed by atoms with Crippen LogP contribution in [-0.4, -0.2) is 25.8 Å². The first-order valence-corrected chi connectivity index (χ1v) is 5.91. The van der Waals surface area contributed by atoms with E-state index in [2.05, 4.69) is 19.2 Å². The van der Waals surface area contributed by atoms with Crippen LogP contribution in [0.2, 0.25) is 0 Å². The van der Waals surface area contributed by atoms with E-state index in [9.17, 15) is 0 Å². The molecule has 14 heavy (non-hydrogen) atoms. The van der Waals surface area contributed by atoms with Gasteiger partial charge in [0.25, 0.3) is 0 Å². The van der Waals surface area contributed by atoms with Crippen LogP contribution in [0.1, 0.15) is 46.0 Å². The average molecular weight is 199 g/mol. The molecule has 1 aliphatic rings.